The standard InChI is InChI=1S/C16H26N2O4S/c1-4-6-8-17-14-10-13(16(19)22-9-7-5-2)11-15(12(14)3)18-23(20)21/h10-11,17,23H,4-9H2,1-3H3,(H,18,20,21). The maximum Gasteiger partial charge on any atom is 0.338 e. The Morgan fingerprint density at radius 1 is 1.13 bits per heavy atom. The summed E-state index contributed by atoms with van der Waals surface area (Å²) in [7, 11) is -2.80. The second kappa shape index (κ2) is 10.1. The molecule has 0 fully saturated rings. The lowest BCUT2D eigenvalue weighted by Gasteiger charge is -2.15. The fourth-order valence-corrected chi connectivity index (χ4v) is 2.45. The highest BCUT2D eigenvalue weighted by Crippen LogP contribution is 2.27. The number of benzene rings is 1. The van der Waals surface area contributed by atoms with Crippen LogP contribution < -0.4 is 10.0 Å². The second-order valence-electron chi connectivity index (χ2n) is 5.34. The predicted octanol–water partition coefficient (Wildman–Crippen LogP) is 3.10. The summed E-state index contributed by atoms with van der Waals surface area (Å²) in [5.74, 6) is -0.443. The van der Waals surface area contributed by atoms with E-state index < -0.39 is 16.9 Å². The highest BCUT2D eigenvalue weighted by atomic mass is 32.2. The number of unbranched alkanes of at least 4 members (excludes halogenated alkanes) is 2. The van der Waals surface area contributed by atoms with Gasteiger partial charge in [0.25, 0.3) is 0 Å². The summed E-state index contributed by atoms with van der Waals surface area (Å²) in [5.41, 5.74) is 2.23. The largest absolute Gasteiger partial charge is 0.462 e. The molecule has 0 saturated heterocycles. The van der Waals surface area contributed by atoms with Crippen molar-refractivity contribution in [1.82, 2.24) is 0 Å². The van der Waals surface area contributed by atoms with Crippen LogP contribution in [0.2, 0.25) is 0 Å². The molecule has 2 N–H and O–H groups in total. The normalized spacial score (nSPS) is 10.6. The first-order valence-electron chi connectivity index (χ1n) is 7.96. The van der Waals surface area contributed by atoms with E-state index in [1.165, 1.54) is 6.07 Å². The van der Waals surface area contributed by atoms with Crippen molar-refractivity contribution in [3.05, 3.63) is 23.3 Å². The van der Waals surface area contributed by atoms with Crippen LogP contribution in [0.4, 0.5) is 11.4 Å². The van der Waals surface area contributed by atoms with Crippen molar-refractivity contribution in [3.8, 4) is 0 Å². The zero-order valence-corrected chi connectivity index (χ0v) is 14.9. The van der Waals surface area contributed by atoms with Crippen molar-refractivity contribution >= 4 is 28.2 Å². The van der Waals surface area contributed by atoms with Crippen molar-refractivity contribution in [3.63, 3.8) is 0 Å². The van der Waals surface area contributed by atoms with Gasteiger partial charge >= 0.3 is 5.97 Å². The molecule has 0 atom stereocenters. The predicted molar refractivity (Wildman–Crippen MR) is 93.7 cm³/mol. The fraction of sp³-hybridized carbons (Fsp3) is 0.562. The van der Waals surface area contributed by atoms with Gasteiger partial charge in [0.15, 0.2) is 0 Å². The minimum absolute atomic E-state index is 0.338. The molecule has 0 bridgehead atoms. The Hall–Kier alpha value is -1.76. The van der Waals surface area contributed by atoms with Crippen LogP contribution in [0.25, 0.3) is 0 Å². The lowest BCUT2D eigenvalue weighted by atomic mass is 10.1. The molecule has 1 aromatic rings. The van der Waals surface area contributed by atoms with E-state index >= 15 is 0 Å². The van der Waals surface area contributed by atoms with Gasteiger partial charge in [-0.25, -0.2) is 13.2 Å². The topological polar surface area (TPSA) is 84.5 Å². The van der Waals surface area contributed by atoms with Gasteiger partial charge in [-0.1, -0.05) is 26.7 Å². The maximum absolute atomic E-state index is 12.1. The number of hydrogen-bond donors (Lipinski definition) is 3. The molecule has 0 heterocycles. The molecule has 0 radical (unpaired) electrons. The molecular formula is C16H26N2O4S. The second-order valence-corrected chi connectivity index (χ2v) is 6.07. The minimum atomic E-state index is -2.80. The Bertz CT molecular complexity index is 592. The van der Waals surface area contributed by atoms with E-state index in [0.29, 0.717) is 17.9 Å². The summed E-state index contributed by atoms with van der Waals surface area (Å²) in [6, 6.07) is 3.22. The van der Waals surface area contributed by atoms with E-state index in [1.54, 1.807) is 6.07 Å². The van der Waals surface area contributed by atoms with Gasteiger partial charge in [0, 0.05) is 12.2 Å². The summed E-state index contributed by atoms with van der Waals surface area (Å²) in [4.78, 5) is 12.1. The van der Waals surface area contributed by atoms with Gasteiger partial charge in [0.05, 0.1) is 17.9 Å². The third-order valence-electron chi connectivity index (χ3n) is 3.43. The molecular weight excluding hydrogens is 316 g/mol. The molecule has 0 unspecified atom stereocenters. The Morgan fingerprint density at radius 3 is 2.39 bits per heavy atom. The first-order chi connectivity index (χ1) is 11.0. The van der Waals surface area contributed by atoms with Crippen LogP contribution in [-0.4, -0.2) is 27.5 Å². The lowest BCUT2D eigenvalue weighted by Crippen LogP contribution is -2.11. The van der Waals surface area contributed by atoms with Crippen LogP contribution in [0.3, 0.4) is 0 Å². The average molecular weight is 342 g/mol. The van der Waals surface area contributed by atoms with Gasteiger partial charge < -0.3 is 10.1 Å². The van der Waals surface area contributed by atoms with Gasteiger partial charge in [0.1, 0.15) is 0 Å². The highest BCUT2D eigenvalue weighted by Gasteiger charge is 2.14. The number of rotatable bonds is 10. The van der Waals surface area contributed by atoms with E-state index in [9.17, 15) is 13.2 Å². The third-order valence-corrected chi connectivity index (χ3v) is 3.86. The maximum atomic E-state index is 12.1. The van der Waals surface area contributed by atoms with Crippen molar-refractivity contribution in [2.24, 2.45) is 0 Å². The number of carbonyl (C=O) groups excluding carboxylic acids is 1. The smallest absolute Gasteiger partial charge is 0.338 e. The van der Waals surface area contributed by atoms with Gasteiger partial charge in [-0.2, -0.15) is 0 Å². The highest BCUT2D eigenvalue weighted by molar-refractivity contribution is 7.73. The molecule has 7 heteroatoms. The summed E-state index contributed by atoms with van der Waals surface area (Å²) >= 11 is 0. The number of anilines is 2. The Balaban J connectivity index is 3.03. The van der Waals surface area contributed by atoms with Crippen molar-refractivity contribution in [2.75, 3.05) is 23.2 Å². The van der Waals surface area contributed by atoms with Crippen LogP contribution in [0.15, 0.2) is 12.1 Å². The first kappa shape index (κ1) is 19.3. The summed E-state index contributed by atoms with van der Waals surface area (Å²) in [5, 5.41) is 3.25. The molecule has 0 spiro atoms. The molecule has 0 aromatic heterocycles. The zero-order chi connectivity index (χ0) is 17.2. The van der Waals surface area contributed by atoms with Crippen LogP contribution in [0, 0.1) is 6.92 Å². The van der Waals surface area contributed by atoms with Gasteiger partial charge in [-0.15, -0.1) is 0 Å². The van der Waals surface area contributed by atoms with E-state index in [0.717, 1.165) is 43.5 Å². The zero-order valence-electron chi connectivity index (χ0n) is 14.0. The first-order valence-corrected chi connectivity index (χ1v) is 9.14. The van der Waals surface area contributed by atoms with E-state index in [-0.39, 0.29) is 0 Å². The van der Waals surface area contributed by atoms with Crippen LogP contribution in [-0.2, 0) is 15.6 Å². The molecule has 23 heavy (non-hydrogen) atoms. The number of carbonyl (C=O) groups is 1. The summed E-state index contributed by atoms with van der Waals surface area (Å²) in [6.45, 7) is 7.03. The molecule has 6 nitrogen and oxygen atoms in total. The van der Waals surface area contributed by atoms with Crippen LogP contribution in [0.1, 0.15) is 55.5 Å². The molecule has 0 saturated carbocycles. The lowest BCUT2D eigenvalue weighted by molar-refractivity contribution is 0.0500. The van der Waals surface area contributed by atoms with Crippen molar-refractivity contribution in [2.45, 2.75) is 46.5 Å². The Labute approximate surface area is 139 Å². The summed E-state index contributed by atoms with van der Waals surface area (Å²) < 4.78 is 29.5. The number of nitrogens with one attached hydrogen (secondary N) is 2. The fourth-order valence-electron chi connectivity index (χ4n) is 2.02. The number of esters is 1. The Kier molecular flexibility index (Phi) is 8.47. The molecule has 0 aliphatic rings. The number of thiol groups is 1. The Morgan fingerprint density at radius 2 is 1.78 bits per heavy atom. The van der Waals surface area contributed by atoms with E-state index in [4.69, 9.17) is 4.74 Å². The molecule has 0 aliphatic heterocycles. The minimum Gasteiger partial charge on any atom is -0.462 e. The molecule has 0 amide bonds. The van der Waals surface area contributed by atoms with Crippen molar-refractivity contribution < 1.29 is 17.9 Å². The van der Waals surface area contributed by atoms with E-state index in [1.807, 2.05) is 13.8 Å². The monoisotopic (exact) mass is 342 g/mol. The van der Waals surface area contributed by atoms with Crippen LogP contribution >= 0.6 is 0 Å². The average Bonchev–Trinajstić information content (AvgIpc) is 2.50. The third kappa shape index (κ3) is 6.48. The SMILES string of the molecule is CCCCNc1cc(C(=O)OCCCC)cc(N[SH](=O)=O)c1C. The molecule has 0 aliphatic carbocycles. The van der Waals surface area contributed by atoms with Gasteiger partial charge in [0.2, 0.25) is 10.9 Å². The molecule has 1 aromatic carbocycles. The number of ether oxygens (including phenoxy) is 1. The summed E-state index contributed by atoms with van der Waals surface area (Å²) in [6.07, 6.45) is 3.77. The quantitative estimate of drug-likeness (QED) is 0.346. The molecule has 1 rings (SSSR count). The van der Waals surface area contributed by atoms with Gasteiger partial charge in [-0.05, 0) is 37.5 Å². The van der Waals surface area contributed by atoms with Gasteiger partial charge in [-0.3, -0.25) is 4.72 Å². The van der Waals surface area contributed by atoms with Crippen molar-refractivity contribution in [1.29, 1.82) is 0 Å². The molecule has 130 valence electrons. The number of hydrogen-bond acceptors (Lipinski definition) is 5. The van der Waals surface area contributed by atoms with Crippen LogP contribution in [0.5, 0.6) is 0 Å². The van der Waals surface area contributed by atoms with E-state index in [2.05, 4.69) is 17.0 Å².